The van der Waals surface area contributed by atoms with Crippen LogP contribution in [-0.2, 0) is 19.5 Å². The number of aromatic amines is 1. The summed E-state index contributed by atoms with van der Waals surface area (Å²) in [5.41, 5.74) is 5.24. The van der Waals surface area contributed by atoms with Crippen molar-refractivity contribution >= 4 is 34.4 Å². The van der Waals surface area contributed by atoms with Crippen LogP contribution in [0.5, 0.6) is 0 Å². The van der Waals surface area contributed by atoms with E-state index in [-0.39, 0.29) is 11.5 Å². The maximum atomic E-state index is 12.9. The van der Waals surface area contributed by atoms with Gasteiger partial charge >= 0.3 is 0 Å². The van der Waals surface area contributed by atoms with E-state index in [4.69, 9.17) is 0 Å². The molecular weight excluding hydrogens is 474 g/mol. The molecule has 0 spiro atoms. The zero-order valence-electron chi connectivity index (χ0n) is 20.8. The Balaban J connectivity index is 1.40. The molecule has 0 radical (unpaired) electrons. The number of anilines is 3. The van der Waals surface area contributed by atoms with Crippen LogP contribution in [-0.4, -0.2) is 44.4 Å². The summed E-state index contributed by atoms with van der Waals surface area (Å²) in [7, 11) is 2.08. The molecule has 186 valence electrons. The fraction of sp³-hybridized carbons (Fsp3) is 0.308. The van der Waals surface area contributed by atoms with Crippen molar-refractivity contribution in [2.24, 2.45) is 0 Å². The van der Waals surface area contributed by atoms with Gasteiger partial charge in [-0.05, 0) is 56.6 Å². The van der Waals surface area contributed by atoms with Crippen LogP contribution in [0.4, 0.5) is 17.2 Å². The topological polar surface area (TPSA) is 108 Å². The van der Waals surface area contributed by atoms with Gasteiger partial charge in [0.2, 0.25) is 0 Å². The number of aryl methyl sites for hydroxylation is 2. The van der Waals surface area contributed by atoms with Crippen molar-refractivity contribution in [2.75, 3.05) is 24.2 Å². The number of likely N-dealkylation sites (N-methyl/N-ethyl adjacent to an activating group) is 1. The van der Waals surface area contributed by atoms with E-state index in [9.17, 15) is 9.59 Å². The highest BCUT2D eigenvalue weighted by Gasteiger charge is 2.18. The summed E-state index contributed by atoms with van der Waals surface area (Å²) in [6.07, 6.45) is 0.908. The number of nitrogens with one attached hydrogen (secondary N) is 3. The monoisotopic (exact) mass is 503 g/mol. The Hall–Kier alpha value is -3.76. The van der Waals surface area contributed by atoms with E-state index in [2.05, 4.69) is 44.8 Å². The summed E-state index contributed by atoms with van der Waals surface area (Å²) < 4.78 is 1.97. The predicted molar refractivity (Wildman–Crippen MR) is 143 cm³/mol. The molecule has 3 N–H and O–H groups in total. The molecule has 0 unspecified atom stereocenters. The van der Waals surface area contributed by atoms with Crippen LogP contribution in [0.1, 0.15) is 38.3 Å². The molecule has 0 aliphatic carbocycles. The van der Waals surface area contributed by atoms with E-state index < -0.39 is 0 Å². The third-order valence-electron chi connectivity index (χ3n) is 6.48. The Morgan fingerprint density at radius 1 is 1.17 bits per heavy atom. The molecule has 0 atom stereocenters. The number of rotatable bonds is 6. The maximum absolute atomic E-state index is 12.9. The molecule has 1 aliphatic heterocycles. The maximum Gasteiger partial charge on any atom is 0.287 e. The average Bonchev–Trinajstić information content (AvgIpc) is 3.44. The number of carbonyl (C=O) groups excluding carboxylic acids is 1. The number of hydrogen-bond donors (Lipinski definition) is 3. The van der Waals surface area contributed by atoms with Crippen LogP contribution in [0.2, 0.25) is 0 Å². The Labute approximate surface area is 213 Å². The third kappa shape index (κ3) is 4.69. The molecule has 1 aliphatic rings. The van der Waals surface area contributed by atoms with Gasteiger partial charge in [-0.15, -0.1) is 11.3 Å². The van der Waals surface area contributed by atoms with Crippen molar-refractivity contribution in [3.8, 4) is 11.3 Å². The summed E-state index contributed by atoms with van der Waals surface area (Å²) in [6, 6.07) is 11.3. The lowest BCUT2D eigenvalue weighted by Gasteiger charge is -2.22. The van der Waals surface area contributed by atoms with Crippen LogP contribution in [0.25, 0.3) is 11.3 Å². The van der Waals surface area contributed by atoms with Gasteiger partial charge in [0, 0.05) is 35.3 Å². The van der Waals surface area contributed by atoms with Crippen molar-refractivity contribution < 1.29 is 4.79 Å². The Morgan fingerprint density at radius 2 is 2.00 bits per heavy atom. The molecule has 4 heterocycles. The summed E-state index contributed by atoms with van der Waals surface area (Å²) in [4.78, 5) is 29.6. The minimum atomic E-state index is -0.330. The highest BCUT2D eigenvalue weighted by atomic mass is 32.1. The number of nitrogens with zero attached hydrogens (tertiary/aromatic N) is 4. The van der Waals surface area contributed by atoms with Crippen LogP contribution in [0, 0.1) is 13.8 Å². The van der Waals surface area contributed by atoms with E-state index in [1.807, 2.05) is 48.9 Å². The summed E-state index contributed by atoms with van der Waals surface area (Å²) in [5.74, 6) is 0.493. The largest absolute Gasteiger partial charge is 0.334 e. The van der Waals surface area contributed by atoms with Gasteiger partial charge in [0.25, 0.3) is 11.5 Å². The molecule has 4 aromatic rings. The molecule has 10 heteroatoms. The van der Waals surface area contributed by atoms with Crippen molar-refractivity contribution in [3.05, 3.63) is 73.3 Å². The van der Waals surface area contributed by atoms with Crippen molar-refractivity contribution in [1.29, 1.82) is 0 Å². The number of carbonyl (C=O) groups is 1. The highest BCUT2D eigenvalue weighted by Crippen LogP contribution is 2.30. The molecule has 0 saturated heterocycles. The Morgan fingerprint density at radius 3 is 2.78 bits per heavy atom. The first-order valence-corrected chi connectivity index (χ1v) is 12.8. The molecule has 5 rings (SSSR count). The fourth-order valence-corrected chi connectivity index (χ4v) is 5.46. The van der Waals surface area contributed by atoms with Crippen molar-refractivity contribution in [2.45, 2.75) is 40.3 Å². The lowest BCUT2D eigenvalue weighted by Crippen LogP contribution is -2.30. The predicted octanol–water partition coefficient (Wildman–Crippen LogP) is 4.32. The van der Waals surface area contributed by atoms with Gasteiger partial charge in [-0.3, -0.25) is 19.2 Å². The fourth-order valence-electron chi connectivity index (χ4n) is 4.45. The number of aromatic nitrogens is 4. The second-order valence-corrected chi connectivity index (χ2v) is 10.2. The van der Waals surface area contributed by atoms with E-state index in [0.29, 0.717) is 27.8 Å². The van der Waals surface area contributed by atoms with Crippen LogP contribution >= 0.6 is 11.3 Å². The summed E-state index contributed by atoms with van der Waals surface area (Å²) in [5, 5.41) is 17.6. The van der Waals surface area contributed by atoms with Gasteiger partial charge in [-0.2, -0.15) is 10.2 Å². The van der Waals surface area contributed by atoms with E-state index >= 15 is 0 Å². The van der Waals surface area contributed by atoms with Gasteiger partial charge in [-0.25, -0.2) is 5.10 Å². The number of H-pyrrole nitrogens is 1. The molecule has 3 aromatic heterocycles. The number of benzene rings is 1. The Bertz CT molecular complexity index is 1500. The molecule has 1 aromatic carbocycles. The SMILES string of the molecule is CCc1sc(C(=O)Nc2cccc(-c3cc(Nc4cc5n(n4)CCN(C)C5)c(=O)[nH]n3)c2C)cc1C. The van der Waals surface area contributed by atoms with E-state index in [0.717, 1.165) is 48.4 Å². The van der Waals surface area contributed by atoms with Gasteiger partial charge < -0.3 is 10.6 Å². The molecule has 1 amide bonds. The second-order valence-electron chi connectivity index (χ2n) is 9.11. The number of amides is 1. The third-order valence-corrected chi connectivity index (χ3v) is 7.86. The molecule has 36 heavy (non-hydrogen) atoms. The number of thiophene rings is 1. The molecular formula is C26H29N7O2S. The second kappa shape index (κ2) is 9.71. The smallest absolute Gasteiger partial charge is 0.287 e. The lowest BCUT2D eigenvalue weighted by atomic mass is 10.0. The number of fused-ring (bicyclic) bond motifs is 1. The molecule has 0 fully saturated rings. The molecule has 0 bridgehead atoms. The lowest BCUT2D eigenvalue weighted by molar-refractivity contribution is 0.103. The van der Waals surface area contributed by atoms with Crippen LogP contribution in [0.15, 0.2) is 41.2 Å². The normalized spacial score (nSPS) is 13.4. The Kier molecular flexibility index (Phi) is 6.46. The zero-order valence-corrected chi connectivity index (χ0v) is 21.6. The van der Waals surface area contributed by atoms with Crippen LogP contribution < -0.4 is 16.2 Å². The minimum Gasteiger partial charge on any atom is -0.334 e. The minimum absolute atomic E-state index is 0.130. The first-order chi connectivity index (χ1) is 17.3. The zero-order chi connectivity index (χ0) is 25.4. The molecule has 0 saturated carbocycles. The first-order valence-electron chi connectivity index (χ1n) is 11.9. The van der Waals surface area contributed by atoms with E-state index in [1.54, 1.807) is 6.07 Å². The van der Waals surface area contributed by atoms with E-state index in [1.165, 1.54) is 16.2 Å². The standard InChI is InChI=1S/C26H29N7O2S/c1-5-22-15(2)11-23(36-22)26(35)28-19-8-6-7-18(16(19)3)20-13-21(25(34)30-29-20)27-24-12-17-14-32(4)9-10-33(17)31-24/h6-8,11-13H,5,9-10,14H2,1-4H3,(H,28,35)(H,30,34)(H,27,29,31). The van der Waals surface area contributed by atoms with Crippen LogP contribution in [0.3, 0.4) is 0 Å². The summed E-state index contributed by atoms with van der Waals surface area (Å²) >= 11 is 1.52. The first kappa shape index (κ1) is 24.0. The quantitative estimate of drug-likeness (QED) is 0.362. The van der Waals surface area contributed by atoms with Crippen molar-refractivity contribution in [3.63, 3.8) is 0 Å². The average molecular weight is 504 g/mol. The van der Waals surface area contributed by atoms with Gasteiger partial charge in [0.05, 0.1) is 22.8 Å². The highest BCUT2D eigenvalue weighted by molar-refractivity contribution is 7.14. The van der Waals surface area contributed by atoms with Gasteiger partial charge in [0.1, 0.15) is 5.69 Å². The number of hydrogen-bond acceptors (Lipinski definition) is 7. The van der Waals surface area contributed by atoms with Gasteiger partial charge in [0.15, 0.2) is 5.82 Å². The summed E-state index contributed by atoms with van der Waals surface area (Å²) in [6.45, 7) is 8.62. The van der Waals surface area contributed by atoms with Crippen molar-refractivity contribution in [1.82, 2.24) is 24.9 Å². The van der Waals surface area contributed by atoms with Gasteiger partial charge in [-0.1, -0.05) is 19.1 Å². The molecule has 9 nitrogen and oxygen atoms in total.